The quantitative estimate of drug-likeness (QED) is 0.502. The second-order valence-electron chi connectivity index (χ2n) is 1.70. The van der Waals surface area contributed by atoms with E-state index in [4.69, 9.17) is 37.4 Å². The molecular formula is C7H16Cl2O3. The average Bonchev–Trinajstić information content (AvgIpc) is 2.06. The van der Waals surface area contributed by atoms with Crippen molar-refractivity contribution < 1.29 is 14.2 Å². The summed E-state index contributed by atoms with van der Waals surface area (Å²) >= 11 is 9.53. The zero-order valence-electron chi connectivity index (χ0n) is 7.52. The van der Waals surface area contributed by atoms with E-state index >= 15 is 0 Å². The van der Waals surface area contributed by atoms with Crippen molar-refractivity contribution in [1.29, 1.82) is 0 Å². The number of hydrogen-bond acceptors (Lipinski definition) is 3. The molecule has 0 N–H and O–H groups in total. The normalized spacial score (nSPS) is 9.00. The molecule has 0 aliphatic rings. The molecule has 0 aliphatic carbocycles. The lowest BCUT2D eigenvalue weighted by atomic mass is 10.7. The fraction of sp³-hybridized carbons (Fsp3) is 1.00. The molecule has 0 bridgehead atoms. The Kier molecular flexibility index (Phi) is 21.8. The number of ether oxygens (including phenoxy) is 3. The van der Waals surface area contributed by atoms with Crippen LogP contribution in [-0.4, -0.2) is 46.0 Å². The fourth-order valence-corrected chi connectivity index (χ4v) is 0.387. The Labute approximate surface area is 83.9 Å². The van der Waals surface area contributed by atoms with Gasteiger partial charge >= 0.3 is 0 Å². The van der Waals surface area contributed by atoms with Gasteiger partial charge in [-0.2, -0.15) is 0 Å². The maximum absolute atomic E-state index is 5.06. The Bertz CT molecular complexity index is 58.6. The van der Waals surface area contributed by atoms with Crippen molar-refractivity contribution in [2.75, 3.05) is 46.0 Å². The SMILES string of the molecule is COCCOCCOC.ClCCl. The first-order chi connectivity index (χ1) is 5.83. The smallest absolute Gasteiger partial charge is 0.0967 e. The maximum Gasteiger partial charge on any atom is 0.0967 e. The summed E-state index contributed by atoms with van der Waals surface area (Å²) in [6.07, 6.45) is 0. The predicted octanol–water partition coefficient (Wildman–Crippen LogP) is 1.72. The predicted molar refractivity (Wildman–Crippen MR) is 51.1 cm³/mol. The molecule has 0 radical (unpaired) electrons. The number of alkyl halides is 2. The maximum atomic E-state index is 5.06. The Morgan fingerprint density at radius 1 is 0.833 bits per heavy atom. The van der Waals surface area contributed by atoms with Crippen LogP contribution < -0.4 is 0 Å². The minimum absolute atomic E-state index is 0.194. The van der Waals surface area contributed by atoms with Gasteiger partial charge in [-0.1, -0.05) is 0 Å². The van der Waals surface area contributed by atoms with Crippen LogP contribution in [0.25, 0.3) is 0 Å². The summed E-state index contributed by atoms with van der Waals surface area (Å²) in [5, 5.41) is 0.194. The van der Waals surface area contributed by atoms with E-state index in [1.165, 1.54) is 0 Å². The molecular weight excluding hydrogens is 203 g/mol. The summed E-state index contributed by atoms with van der Waals surface area (Å²) in [5.74, 6) is 0. The van der Waals surface area contributed by atoms with Gasteiger partial charge in [0.1, 0.15) is 0 Å². The van der Waals surface area contributed by atoms with Crippen LogP contribution in [0, 0.1) is 0 Å². The van der Waals surface area contributed by atoms with Gasteiger partial charge in [-0.05, 0) is 0 Å². The van der Waals surface area contributed by atoms with E-state index in [-0.39, 0.29) is 5.34 Å². The number of hydrogen-bond donors (Lipinski definition) is 0. The highest BCUT2D eigenvalue weighted by Gasteiger charge is 1.84. The van der Waals surface area contributed by atoms with Gasteiger partial charge in [0.05, 0.1) is 31.8 Å². The van der Waals surface area contributed by atoms with E-state index in [1.54, 1.807) is 14.2 Å². The number of halogens is 2. The van der Waals surface area contributed by atoms with Crippen LogP contribution in [0.15, 0.2) is 0 Å². The van der Waals surface area contributed by atoms with E-state index in [0.717, 1.165) is 0 Å². The average molecular weight is 219 g/mol. The molecule has 0 rings (SSSR count). The van der Waals surface area contributed by atoms with Crippen molar-refractivity contribution in [2.45, 2.75) is 0 Å². The second kappa shape index (κ2) is 17.5. The summed E-state index contributed by atoms with van der Waals surface area (Å²) in [6, 6.07) is 0. The van der Waals surface area contributed by atoms with Gasteiger partial charge in [0.2, 0.25) is 0 Å². The molecule has 0 atom stereocenters. The zero-order valence-corrected chi connectivity index (χ0v) is 9.03. The van der Waals surface area contributed by atoms with Crippen molar-refractivity contribution in [3.8, 4) is 0 Å². The van der Waals surface area contributed by atoms with Crippen molar-refractivity contribution in [3.63, 3.8) is 0 Å². The topological polar surface area (TPSA) is 27.7 Å². The van der Waals surface area contributed by atoms with Gasteiger partial charge in [-0.15, -0.1) is 23.2 Å². The van der Waals surface area contributed by atoms with Crippen molar-refractivity contribution in [3.05, 3.63) is 0 Å². The van der Waals surface area contributed by atoms with Crippen molar-refractivity contribution >= 4 is 23.2 Å². The highest BCUT2D eigenvalue weighted by molar-refractivity contribution is 6.40. The first kappa shape index (κ1) is 15.0. The first-order valence-electron chi connectivity index (χ1n) is 3.51. The molecule has 5 heteroatoms. The van der Waals surface area contributed by atoms with E-state index in [0.29, 0.717) is 26.4 Å². The Morgan fingerprint density at radius 2 is 1.17 bits per heavy atom. The van der Waals surface area contributed by atoms with Crippen LogP contribution in [-0.2, 0) is 14.2 Å². The van der Waals surface area contributed by atoms with Crippen LogP contribution in [0.2, 0.25) is 0 Å². The van der Waals surface area contributed by atoms with E-state index < -0.39 is 0 Å². The van der Waals surface area contributed by atoms with E-state index in [9.17, 15) is 0 Å². The van der Waals surface area contributed by atoms with Gasteiger partial charge in [-0.25, -0.2) is 0 Å². The molecule has 0 heterocycles. The lowest BCUT2D eigenvalue weighted by Gasteiger charge is -2.00. The van der Waals surface area contributed by atoms with Crippen LogP contribution in [0.3, 0.4) is 0 Å². The lowest BCUT2D eigenvalue weighted by Crippen LogP contribution is -2.06. The molecule has 0 saturated carbocycles. The van der Waals surface area contributed by atoms with Crippen LogP contribution in [0.1, 0.15) is 0 Å². The third-order valence-corrected chi connectivity index (χ3v) is 0.864. The fourth-order valence-electron chi connectivity index (χ4n) is 0.387. The third-order valence-electron chi connectivity index (χ3n) is 0.864. The molecule has 76 valence electrons. The zero-order chi connectivity index (χ0) is 9.66. The van der Waals surface area contributed by atoms with E-state index in [2.05, 4.69) is 0 Å². The summed E-state index contributed by atoms with van der Waals surface area (Å²) in [5.41, 5.74) is 0. The molecule has 0 aromatic heterocycles. The summed E-state index contributed by atoms with van der Waals surface area (Å²) in [4.78, 5) is 0. The van der Waals surface area contributed by atoms with Gasteiger partial charge in [0.25, 0.3) is 0 Å². The Balaban J connectivity index is 0. The van der Waals surface area contributed by atoms with Gasteiger partial charge < -0.3 is 14.2 Å². The first-order valence-corrected chi connectivity index (χ1v) is 4.57. The minimum Gasteiger partial charge on any atom is -0.382 e. The largest absolute Gasteiger partial charge is 0.382 e. The molecule has 0 saturated heterocycles. The Morgan fingerprint density at radius 3 is 1.42 bits per heavy atom. The summed E-state index contributed by atoms with van der Waals surface area (Å²) in [6.45, 7) is 2.62. The molecule has 0 aromatic rings. The monoisotopic (exact) mass is 218 g/mol. The van der Waals surface area contributed by atoms with E-state index in [1.807, 2.05) is 0 Å². The van der Waals surface area contributed by atoms with Crippen LogP contribution in [0.5, 0.6) is 0 Å². The molecule has 0 amide bonds. The highest BCUT2D eigenvalue weighted by Crippen LogP contribution is 1.75. The molecule has 12 heavy (non-hydrogen) atoms. The number of methoxy groups -OCH3 is 2. The highest BCUT2D eigenvalue weighted by atomic mass is 35.5. The molecule has 0 aliphatic heterocycles. The Hall–Kier alpha value is 0.460. The van der Waals surface area contributed by atoms with Gasteiger partial charge in [0.15, 0.2) is 0 Å². The van der Waals surface area contributed by atoms with Gasteiger partial charge in [0, 0.05) is 14.2 Å². The van der Waals surface area contributed by atoms with Gasteiger partial charge in [-0.3, -0.25) is 0 Å². The molecule has 0 aromatic carbocycles. The third kappa shape index (κ3) is 22.4. The van der Waals surface area contributed by atoms with Crippen LogP contribution >= 0.6 is 23.2 Å². The van der Waals surface area contributed by atoms with Crippen LogP contribution in [0.4, 0.5) is 0 Å². The number of rotatable bonds is 6. The molecule has 0 spiro atoms. The van der Waals surface area contributed by atoms with Crippen molar-refractivity contribution in [1.82, 2.24) is 0 Å². The summed E-state index contributed by atoms with van der Waals surface area (Å²) in [7, 11) is 3.30. The lowest BCUT2D eigenvalue weighted by molar-refractivity contribution is 0.0385. The van der Waals surface area contributed by atoms with Crippen molar-refractivity contribution in [2.24, 2.45) is 0 Å². The second-order valence-corrected chi connectivity index (χ2v) is 2.51. The molecule has 0 unspecified atom stereocenters. The standard InChI is InChI=1S/C6H14O3.CH2Cl2/c1-7-3-5-9-6-4-8-2;2-1-3/h3-6H2,1-2H3;1H2. The molecule has 3 nitrogen and oxygen atoms in total. The minimum atomic E-state index is 0.194. The molecule has 0 fully saturated rings. The summed E-state index contributed by atoms with van der Waals surface area (Å²) < 4.78 is 14.6.